The number of aliphatic hydroxyl groups excluding tert-OH is 1. The van der Waals surface area contributed by atoms with Crippen molar-refractivity contribution in [3.05, 3.63) is 24.4 Å². The maximum absolute atomic E-state index is 9.80. The Morgan fingerprint density at radius 3 is 2.56 bits per heavy atom. The summed E-state index contributed by atoms with van der Waals surface area (Å²) in [5, 5.41) is 12.5. The summed E-state index contributed by atoms with van der Waals surface area (Å²) in [4.78, 5) is 11.0. The molecule has 0 spiro atoms. The van der Waals surface area contributed by atoms with Crippen LogP contribution in [-0.4, -0.2) is 48.5 Å². The molecule has 0 amide bonds. The molecule has 7 heteroatoms. The van der Waals surface area contributed by atoms with E-state index in [1.807, 2.05) is 23.1 Å². The summed E-state index contributed by atoms with van der Waals surface area (Å²) in [6, 6.07) is 5.76. The van der Waals surface area contributed by atoms with E-state index in [1.54, 1.807) is 20.4 Å². The smallest absolute Gasteiger partial charge is 0.162 e. The Labute approximate surface area is 145 Å². The largest absolute Gasteiger partial charge is 0.493 e. The lowest BCUT2D eigenvalue weighted by Crippen LogP contribution is -2.22. The molecule has 3 N–H and O–H groups in total. The summed E-state index contributed by atoms with van der Waals surface area (Å²) in [7, 11) is 3.21. The molecular weight excluding hydrogens is 320 g/mol. The first-order chi connectivity index (χ1) is 12.1. The highest BCUT2D eigenvalue weighted by Crippen LogP contribution is 2.37. The van der Waals surface area contributed by atoms with Gasteiger partial charge in [-0.2, -0.15) is 0 Å². The molecule has 0 aliphatic carbocycles. The van der Waals surface area contributed by atoms with Crippen LogP contribution in [0.4, 0.5) is 11.6 Å². The fraction of sp³-hybridized carbons (Fsp3) is 0.333. The third-order valence-corrected chi connectivity index (χ3v) is 4.69. The van der Waals surface area contributed by atoms with Crippen LogP contribution >= 0.6 is 0 Å². The molecule has 1 aliphatic rings. The fourth-order valence-corrected chi connectivity index (χ4v) is 3.36. The van der Waals surface area contributed by atoms with Crippen LogP contribution in [-0.2, 0) is 0 Å². The van der Waals surface area contributed by atoms with Gasteiger partial charge in [-0.1, -0.05) is 0 Å². The number of methoxy groups -OCH3 is 2. The highest BCUT2D eigenvalue weighted by Gasteiger charge is 2.22. The Morgan fingerprint density at radius 1 is 1.12 bits per heavy atom. The van der Waals surface area contributed by atoms with Gasteiger partial charge in [-0.15, -0.1) is 0 Å². The van der Waals surface area contributed by atoms with Crippen LogP contribution in [0, 0.1) is 0 Å². The molecule has 130 valence electrons. The lowest BCUT2D eigenvalue weighted by Gasteiger charge is -2.18. The summed E-state index contributed by atoms with van der Waals surface area (Å²) in [5.41, 5.74) is 6.98. The van der Waals surface area contributed by atoms with Crippen LogP contribution in [0.25, 0.3) is 21.7 Å². The van der Waals surface area contributed by atoms with Crippen LogP contribution in [0.3, 0.4) is 0 Å². The van der Waals surface area contributed by atoms with Gasteiger partial charge in [0.05, 0.1) is 25.8 Å². The number of nitrogens with zero attached hydrogens (tertiary/aromatic N) is 3. The molecule has 4 rings (SSSR count). The molecule has 1 aromatic carbocycles. The van der Waals surface area contributed by atoms with E-state index in [2.05, 4.69) is 9.97 Å². The van der Waals surface area contributed by atoms with Gasteiger partial charge in [0.1, 0.15) is 11.6 Å². The van der Waals surface area contributed by atoms with Crippen molar-refractivity contribution in [1.82, 2.24) is 9.97 Å². The predicted octanol–water partition coefficient (Wildman–Crippen LogP) is 1.95. The average molecular weight is 340 g/mol. The number of hydrogen-bond acceptors (Lipinski definition) is 7. The van der Waals surface area contributed by atoms with Crippen molar-refractivity contribution in [2.45, 2.75) is 12.5 Å². The van der Waals surface area contributed by atoms with Crippen LogP contribution in [0.2, 0.25) is 0 Å². The molecule has 1 atom stereocenters. The Kier molecular flexibility index (Phi) is 3.73. The monoisotopic (exact) mass is 340 g/mol. The number of nitrogens with two attached hydrogens (primary N) is 1. The normalized spacial score (nSPS) is 17.4. The number of anilines is 2. The number of aromatic nitrogens is 2. The van der Waals surface area contributed by atoms with Gasteiger partial charge in [0.15, 0.2) is 11.5 Å². The van der Waals surface area contributed by atoms with Gasteiger partial charge in [0.2, 0.25) is 0 Å². The first-order valence-corrected chi connectivity index (χ1v) is 8.14. The summed E-state index contributed by atoms with van der Waals surface area (Å²) in [6.45, 7) is 1.33. The number of pyridine rings is 2. The van der Waals surface area contributed by atoms with Crippen LogP contribution in [0.5, 0.6) is 11.5 Å². The molecule has 3 aromatic rings. The number of ether oxygens (including phenoxy) is 2. The SMILES string of the molecule is COc1cc2ncc3c(N)nc(N4CC[C@@H](O)C4)cc3c2cc1OC. The molecule has 1 saturated heterocycles. The molecule has 7 nitrogen and oxygen atoms in total. The Morgan fingerprint density at radius 2 is 1.88 bits per heavy atom. The third-order valence-electron chi connectivity index (χ3n) is 4.69. The van der Waals surface area contributed by atoms with Crippen molar-refractivity contribution >= 4 is 33.3 Å². The first kappa shape index (κ1) is 15.7. The van der Waals surface area contributed by atoms with E-state index in [9.17, 15) is 5.11 Å². The number of nitrogen functional groups attached to an aromatic ring is 1. The number of β-amino-alcohol motifs (C(OH)–C–C–N with tert-alkyl or cyclic N) is 1. The topological polar surface area (TPSA) is 93.7 Å². The molecule has 1 fully saturated rings. The number of benzene rings is 1. The number of rotatable bonds is 3. The highest BCUT2D eigenvalue weighted by atomic mass is 16.5. The van der Waals surface area contributed by atoms with Crippen LogP contribution < -0.4 is 20.1 Å². The van der Waals surface area contributed by atoms with Crippen molar-refractivity contribution in [2.75, 3.05) is 37.9 Å². The fourth-order valence-electron chi connectivity index (χ4n) is 3.36. The van der Waals surface area contributed by atoms with Gasteiger partial charge in [0.25, 0.3) is 0 Å². The summed E-state index contributed by atoms with van der Waals surface area (Å²) in [6.07, 6.45) is 2.15. The van der Waals surface area contributed by atoms with E-state index < -0.39 is 0 Å². The molecule has 25 heavy (non-hydrogen) atoms. The second kappa shape index (κ2) is 5.93. The van der Waals surface area contributed by atoms with E-state index >= 15 is 0 Å². The van der Waals surface area contributed by atoms with Gasteiger partial charge in [-0.25, -0.2) is 4.98 Å². The number of aliphatic hydroxyl groups is 1. The second-order valence-corrected chi connectivity index (χ2v) is 6.20. The maximum atomic E-state index is 9.80. The van der Waals surface area contributed by atoms with Crippen molar-refractivity contribution in [3.8, 4) is 11.5 Å². The molecular formula is C18H20N4O3. The third kappa shape index (κ3) is 2.56. The molecule has 0 saturated carbocycles. The molecule has 1 aliphatic heterocycles. The Bertz CT molecular complexity index is 960. The zero-order chi connectivity index (χ0) is 17.6. The summed E-state index contributed by atoms with van der Waals surface area (Å²) < 4.78 is 10.8. The van der Waals surface area contributed by atoms with Gasteiger partial charge < -0.3 is 25.2 Å². The van der Waals surface area contributed by atoms with E-state index in [0.717, 1.165) is 40.5 Å². The van der Waals surface area contributed by atoms with E-state index in [0.29, 0.717) is 23.9 Å². The minimum atomic E-state index is -0.322. The first-order valence-electron chi connectivity index (χ1n) is 8.14. The molecule has 2 aromatic heterocycles. The lowest BCUT2D eigenvalue weighted by atomic mass is 10.1. The highest BCUT2D eigenvalue weighted by molar-refractivity contribution is 6.10. The quantitative estimate of drug-likeness (QED) is 0.704. The molecule has 3 heterocycles. The Hall–Kier alpha value is -2.80. The molecule has 0 radical (unpaired) electrons. The average Bonchev–Trinajstić information content (AvgIpc) is 3.06. The van der Waals surface area contributed by atoms with Crippen molar-refractivity contribution in [3.63, 3.8) is 0 Å². The summed E-state index contributed by atoms with van der Waals surface area (Å²) in [5.74, 6) is 2.46. The van der Waals surface area contributed by atoms with Crippen molar-refractivity contribution in [2.24, 2.45) is 0 Å². The van der Waals surface area contributed by atoms with Gasteiger partial charge in [0, 0.05) is 41.5 Å². The minimum absolute atomic E-state index is 0.322. The zero-order valence-electron chi connectivity index (χ0n) is 14.2. The zero-order valence-corrected chi connectivity index (χ0v) is 14.2. The number of hydrogen-bond donors (Lipinski definition) is 2. The van der Waals surface area contributed by atoms with Gasteiger partial charge in [-0.05, 0) is 18.6 Å². The van der Waals surface area contributed by atoms with Gasteiger partial charge in [-0.3, -0.25) is 4.98 Å². The lowest BCUT2D eigenvalue weighted by molar-refractivity contribution is 0.198. The second-order valence-electron chi connectivity index (χ2n) is 6.20. The van der Waals surface area contributed by atoms with Crippen molar-refractivity contribution < 1.29 is 14.6 Å². The standard InChI is InChI=1S/C18H20N4O3/c1-24-15-5-12-11-6-17(22-4-3-10(23)9-22)21-18(19)13(11)8-20-14(12)7-16(15)25-2/h5-8,10,23H,3-4,9H2,1-2H3,(H2,19,21)/t10-/m1/s1. The Balaban J connectivity index is 1.96. The maximum Gasteiger partial charge on any atom is 0.162 e. The summed E-state index contributed by atoms with van der Waals surface area (Å²) >= 11 is 0. The van der Waals surface area contributed by atoms with Crippen molar-refractivity contribution in [1.29, 1.82) is 0 Å². The van der Waals surface area contributed by atoms with E-state index in [1.165, 1.54) is 0 Å². The van der Waals surface area contributed by atoms with Crippen LogP contribution in [0.15, 0.2) is 24.4 Å². The van der Waals surface area contributed by atoms with Crippen LogP contribution in [0.1, 0.15) is 6.42 Å². The number of fused-ring (bicyclic) bond motifs is 3. The predicted molar refractivity (Wildman–Crippen MR) is 97.4 cm³/mol. The minimum Gasteiger partial charge on any atom is -0.493 e. The van der Waals surface area contributed by atoms with Gasteiger partial charge >= 0.3 is 0 Å². The molecule has 0 bridgehead atoms. The molecule has 0 unspecified atom stereocenters. The van der Waals surface area contributed by atoms with E-state index in [4.69, 9.17) is 15.2 Å². The van der Waals surface area contributed by atoms with E-state index in [-0.39, 0.29) is 6.10 Å².